The number of benzene rings is 3. The normalized spacial score (nSPS) is 17.8. The van der Waals surface area contributed by atoms with Crippen molar-refractivity contribution in [2.24, 2.45) is 5.92 Å². The number of hydrogen-bond donors (Lipinski definition) is 2. The molecule has 0 aliphatic carbocycles. The van der Waals surface area contributed by atoms with Crippen molar-refractivity contribution >= 4 is 16.7 Å². The van der Waals surface area contributed by atoms with Crippen molar-refractivity contribution in [2.45, 2.75) is 45.5 Å². The van der Waals surface area contributed by atoms with E-state index in [2.05, 4.69) is 19.1 Å². The summed E-state index contributed by atoms with van der Waals surface area (Å²) in [7, 11) is 0. The Balaban J connectivity index is 1.42. The molecule has 1 fully saturated rings. The van der Waals surface area contributed by atoms with Crippen LogP contribution in [0.15, 0.2) is 71.5 Å². The van der Waals surface area contributed by atoms with Crippen molar-refractivity contribution in [3.05, 3.63) is 89.4 Å². The van der Waals surface area contributed by atoms with Crippen LogP contribution in [0.5, 0.6) is 5.75 Å². The van der Waals surface area contributed by atoms with Gasteiger partial charge in [-0.3, -0.25) is 0 Å². The summed E-state index contributed by atoms with van der Waals surface area (Å²) in [6.07, 6.45) is 6.56. The first-order chi connectivity index (χ1) is 17.6. The van der Waals surface area contributed by atoms with Crippen LogP contribution in [0.4, 0.5) is 0 Å². The first kappa shape index (κ1) is 24.1. The van der Waals surface area contributed by atoms with Crippen LogP contribution in [-0.2, 0) is 18.0 Å². The van der Waals surface area contributed by atoms with Gasteiger partial charge in [-0.05, 0) is 76.6 Å². The molecular weight excluding hydrogens is 456 g/mol. The molecule has 4 aromatic rings. The summed E-state index contributed by atoms with van der Waals surface area (Å²) in [6, 6.07) is 17.3. The van der Waals surface area contributed by atoms with Crippen LogP contribution in [0.3, 0.4) is 0 Å². The third-order valence-corrected chi connectivity index (χ3v) is 7.12. The number of carboxylic acid groups (broad SMARTS) is 1. The lowest BCUT2D eigenvalue weighted by atomic mass is 9.90. The molecule has 1 aliphatic rings. The molecule has 2 unspecified atom stereocenters. The molecule has 1 saturated heterocycles. The maximum Gasteiger partial charge on any atom is 0.336 e. The molecule has 6 nitrogen and oxygen atoms in total. The van der Waals surface area contributed by atoms with Gasteiger partial charge in [-0.25, -0.2) is 4.79 Å². The van der Waals surface area contributed by atoms with Crippen molar-refractivity contribution in [3.63, 3.8) is 0 Å². The summed E-state index contributed by atoms with van der Waals surface area (Å²) in [5.41, 5.74) is 4.02. The number of carbonyl (C=O) groups is 1. The van der Waals surface area contributed by atoms with Crippen LogP contribution in [0.25, 0.3) is 21.9 Å². The van der Waals surface area contributed by atoms with Crippen molar-refractivity contribution in [2.75, 3.05) is 6.61 Å². The Morgan fingerprint density at radius 3 is 2.78 bits per heavy atom. The van der Waals surface area contributed by atoms with Gasteiger partial charge in [0.05, 0.1) is 30.8 Å². The Hall–Kier alpha value is -3.61. The highest BCUT2D eigenvalue weighted by atomic mass is 16.5. The number of carboxylic acids is 1. The van der Waals surface area contributed by atoms with Crippen LogP contribution in [-0.4, -0.2) is 22.8 Å². The highest BCUT2D eigenvalue weighted by Crippen LogP contribution is 2.37. The van der Waals surface area contributed by atoms with E-state index >= 15 is 0 Å². The van der Waals surface area contributed by atoms with Gasteiger partial charge in [-0.2, -0.15) is 0 Å². The molecule has 2 N–H and O–H groups in total. The average molecular weight is 487 g/mol. The molecule has 0 amide bonds. The smallest absolute Gasteiger partial charge is 0.336 e. The summed E-state index contributed by atoms with van der Waals surface area (Å²) < 4.78 is 17.4. The maximum absolute atomic E-state index is 12.0. The number of aliphatic hydroxyl groups excluding tert-OH is 1. The molecule has 0 radical (unpaired) electrons. The number of rotatable bonds is 8. The Morgan fingerprint density at radius 2 is 2.03 bits per heavy atom. The van der Waals surface area contributed by atoms with Gasteiger partial charge < -0.3 is 24.1 Å². The van der Waals surface area contributed by atoms with Crippen molar-refractivity contribution in [1.29, 1.82) is 0 Å². The summed E-state index contributed by atoms with van der Waals surface area (Å²) >= 11 is 0. The predicted octanol–water partition coefficient (Wildman–Crippen LogP) is 6.75. The number of furan rings is 1. The van der Waals surface area contributed by atoms with E-state index in [1.165, 1.54) is 18.2 Å². The van der Waals surface area contributed by atoms with Gasteiger partial charge in [0.15, 0.2) is 0 Å². The van der Waals surface area contributed by atoms with E-state index in [-0.39, 0.29) is 11.7 Å². The second-order valence-electron chi connectivity index (χ2n) is 9.33. The number of ether oxygens (including phenoxy) is 2. The minimum atomic E-state index is -1.09. The molecule has 0 spiro atoms. The lowest BCUT2D eigenvalue weighted by Gasteiger charge is -2.29. The zero-order valence-electron chi connectivity index (χ0n) is 20.3. The summed E-state index contributed by atoms with van der Waals surface area (Å²) in [4.78, 5) is 12.0. The van der Waals surface area contributed by atoms with Crippen LogP contribution in [0, 0.1) is 5.92 Å². The van der Waals surface area contributed by atoms with Crippen LogP contribution in [0.2, 0.25) is 0 Å². The molecule has 0 bridgehead atoms. The van der Waals surface area contributed by atoms with Crippen LogP contribution >= 0.6 is 0 Å². The average Bonchev–Trinajstić information content (AvgIpc) is 3.45. The van der Waals surface area contributed by atoms with Crippen LogP contribution < -0.4 is 4.74 Å². The zero-order valence-corrected chi connectivity index (χ0v) is 20.3. The topological polar surface area (TPSA) is 89.1 Å². The van der Waals surface area contributed by atoms with E-state index in [4.69, 9.17) is 13.9 Å². The van der Waals surface area contributed by atoms with E-state index in [1.807, 2.05) is 30.3 Å². The van der Waals surface area contributed by atoms with Gasteiger partial charge in [-0.1, -0.05) is 37.6 Å². The lowest BCUT2D eigenvalue weighted by molar-refractivity contribution is -0.0111. The second-order valence-corrected chi connectivity index (χ2v) is 9.33. The molecule has 2 atom stereocenters. The molecule has 6 heteroatoms. The third-order valence-electron chi connectivity index (χ3n) is 7.12. The second kappa shape index (κ2) is 10.6. The molecule has 186 valence electrons. The van der Waals surface area contributed by atoms with Crippen LogP contribution in [0.1, 0.15) is 59.3 Å². The Labute approximate surface area is 210 Å². The van der Waals surface area contributed by atoms with Crippen molar-refractivity contribution in [3.8, 4) is 16.9 Å². The minimum Gasteiger partial charge on any atom is -0.489 e. The fourth-order valence-electron chi connectivity index (χ4n) is 5.13. The fraction of sp³-hybridized carbons (Fsp3) is 0.300. The summed E-state index contributed by atoms with van der Waals surface area (Å²) in [5, 5.41) is 21.3. The van der Waals surface area contributed by atoms with Gasteiger partial charge in [0.1, 0.15) is 12.4 Å². The van der Waals surface area contributed by atoms with E-state index in [0.29, 0.717) is 40.4 Å². The molecule has 36 heavy (non-hydrogen) atoms. The summed E-state index contributed by atoms with van der Waals surface area (Å²) in [5.74, 6) is 0.249. The monoisotopic (exact) mass is 486 g/mol. The van der Waals surface area contributed by atoms with E-state index < -0.39 is 12.6 Å². The lowest BCUT2D eigenvalue weighted by Crippen LogP contribution is -2.19. The van der Waals surface area contributed by atoms with Gasteiger partial charge >= 0.3 is 5.97 Å². The minimum absolute atomic E-state index is 0.0592. The third kappa shape index (κ3) is 4.87. The Bertz CT molecular complexity index is 1360. The van der Waals surface area contributed by atoms with Gasteiger partial charge in [-0.15, -0.1) is 0 Å². The van der Waals surface area contributed by atoms with Crippen molar-refractivity contribution in [1.82, 2.24) is 0 Å². The Morgan fingerprint density at radius 1 is 1.14 bits per heavy atom. The molecule has 3 aromatic carbocycles. The molecule has 2 heterocycles. The zero-order chi connectivity index (χ0) is 25.1. The number of aliphatic hydroxyl groups is 1. The summed E-state index contributed by atoms with van der Waals surface area (Å²) in [6.45, 7) is 3.04. The SMILES string of the molecule is CCC1CCOC(c2cccc(COc3ccc4c(-c5ccoc5)c(CO)c(C(=O)O)cc4c3)c2)C1. The quantitative estimate of drug-likeness (QED) is 0.286. The number of fused-ring (bicyclic) bond motifs is 1. The number of aromatic carboxylic acids is 1. The first-order valence-electron chi connectivity index (χ1n) is 12.4. The fourth-order valence-corrected chi connectivity index (χ4v) is 5.13. The molecular formula is C30H30O6. The van der Waals surface area contributed by atoms with E-state index in [1.54, 1.807) is 18.4 Å². The molecule has 1 aromatic heterocycles. The van der Waals surface area contributed by atoms with Gasteiger partial charge in [0.2, 0.25) is 0 Å². The van der Waals surface area contributed by atoms with Gasteiger partial charge in [0, 0.05) is 17.7 Å². The van der Waals surface area contributed by atoms with E-state index in [0.717, 1.165) is 30.4 Å². The molecule has 5 rings (SSSR count). The standard InChI is InChI=1S/C30H30O6/c1-2-19-8-11-35-28(13-19)21-5-3-4-20(12-21)17-36-24-6-7-25-23(14-24)15-26(30(32)33)27(16-31)29(25)22-9-10-34-18-22/h3-7,9-10,12,14-15,18-19,28,31H,2,8,11,13,16-17H2,1H3,(H,32,33). The highest BCUT2D eigenvalue weighted by Gasteiger charge is 2.23. The van der Waals surface area contributed by atoms with E-state index in [9.17, 15) is 15.0 Å². The molecule has 0 saturated carbocycles. The maximum atomic E-state index is 12.0. The Kier molecular flexibility index (Phi) is 7.07. The largest absolute Gasteiger partial charge is 0.489 e. The van der Waals surface area contributed by atoms with Crippen molar-refractivity contribution < 1.29 is 28.9 Å². The highest BCUT2D eigenvalue weighted by molar-refractivity contribution is 6.05. The van der Waals surface area contributed by atoms with Gasteiger partial charge in [0.25, 0.3) is 0 Å². The number of hydrogen-bond acceptors (Lipinski definition) is 5. The molecule has 1 aliphatic heterocycles. The predicted molar refractivity (Wildman–Crippen MR) is 137 cm³/mol. The first-order valence-corrected chi connectivity index (χ1v) is 12.4.